The molecule has 6 nitrogen and oxygen atoms in total. The summed E-state index contributed by atoms with van der Waals surface area (Å²) in [4.78, 5) is 16.1. The first-order valence-corrected chi connectivity index (χ1v) is 6.39. The van der Waals surface area contributed by atoms with Gasteiger partial charge in [0.1, 0.15) is 6.23 Å². The number of carbonyl (C=O) groups is 1. The summed E-state index contributed by atoms with van der Waals surface area (Å²) in [5.74, 6) is 0. The van der Waals surface area contributed by atoms with E-state index in [0.29, 0.717) is 6.54 Å². The topological polar surface area (TPSA) is 70.8 Å². The van der Waals surface area contributed by atoms with Crippen molar-refractivity contribution in [3.63, 3.8) is 0 Å². The van der Waals surface area contributed by atoms with E-state index in [4.69, 9.17) is 10.5 Å². The van der Waals surface area contributed by atoms with Crippen molar-refractivity contribution in [1.82, 2.24) is 15.1 Å². The average Bonchev–Trinajstić information content (AvgIpc) is 2.83. The van der Waals surface area contributed by atoms with E-state index in [1.807, 2.05) is 4.90 Å². The second-order valence-electron chi connectivity index (χ2n) is 4.57. The van der Waals surface area contributed by atoms with E-state index in [-0.39, 0.29) is 12.3 Å². The number of nitrogens with one attached hydrogen (secondary N) is 1. The van der Waals surface area contributed by atoms with Crippen LogP contribution in [0, 0.1) is 0 Å². The number of carbonyl (C=O) groups excluding carboxylic acids is 1. The van der Waals surface area contributed by atoms with E-state index in [9.17, 15) is 4.79 Å². The van der Waals surface area contributed by atoms with Gasteiger partial charge >= 0.3 is 6.03 Å². The van der Waals surface area contributed by atoms with E-state index in [2.05, 4.69) is 10.2 Å². The van der Waals surface area contributed by atoms with E-state index in [1.54, 1.807) is 0 Å². The van der Waals surface area contributed by atoms with Crippen LogP contribution >= 0.6 is 0 Å². The van der Waals surface area contributed by atoms with Crippen molar-refractivity contribution in [3.05, 3.63) is 0 Å². The van der Waals surface area contributed by atoms with Gasteiger partial charge in [-0.15, -0.1) is 0 Å². The van der Waals surface area contributed by atoms with Crippen molar-refractivity contribution in [3.8, 4) is 0 Å². The van der Waals surface area contributed by atoms with Crippen molar-refractivity contribution in [1.29, 1.82) is 0 Å². The van der Waals surface area contributed by atoms with Gasteiger partial charge in [-0.3, -0.25) is 4.90 Å². The molecule has 2 aliphatic heterocycles. The summed E-state index contributed by atoms with van der Waals surface area (Å²) in [5.41, 5.74) is 5.51. The summed E-state index contributed by atoms with van der Waals surface area (Å²) < 4.78 is 5.39. The van der Waals surface area contributed by atoms with Gasteiger partial charge in [0.2, 0.25) is 0 Å². The Morgan fingerprint density at radius 2 is 2.12 bits per heavy atom. The molecule has 2 aliphatic rings. The molecule has 0 spiro atoms. The van der Waals surface area contributed by atoms with Crippen molar-refractivity contribution < 1.29 is 9.53 Å². The van der Waals surface area contributed by atoms with E-state index in [1.165, 1.54) is 0 Å². The zero-order valence-electron chi connectivity index (χ0n) is 10.2. The number of nitrogens with two attached hydrogens (primary N) is 1. The maximum atomic E-state index is 11.9. The average molecular weight is 242 g/mol. The third-order valence-corrected chi connectivity index (χ3v) is 3.32. The van der Waals surface area contributed by atoms with Crippen LogP contribution in [0.1, 0.15) is 12.8 Å². The highest BCUT2D eigenvalue weighted by Gasteiger charge is 2.24. The Kier molecular flexibility index (Phi) is 4.58. The van der Waals surface area contributed by atoms with Crippen LogP contribution in [-0.2, 0) is 4.74 Å². The van der Waals surface area contributed by atoms with Gasteiger partial charge in [-0.2, -0.15) is 0 Å². The number of hydrogen-bond donors (Lipinski definition) is 2. The van der Waals surface area contributed by atoms with Gasteiger partial charge in [0.05, 0.1) is 0 Å². The highest BCUT2D eigenvalue weighted by Crippen LogP contribution is 2.10. The Labute approximate surface area is 102 Å². The van der Waals surface area contributed by atoms with Crippen LogP contribution in [0.4, 0.5) is 4.79 Å². The molecule has 17 heavy (non-hydrogen) atoms. The minimum absolute atomic E-state index is 0.00398. The molecule has 1 unspecified atom stereocenters. The first kappa shape index (κ1) is 12.6. The molecule has 2 fully saturated rings. The molecular formula is C11H22N4O2. The molecular weight excluding hydrogens is 220 g/mol. The summed E-state index contributed by atoms with van der Waals surface area (Å²) >= 11 is 0. The number of ether oxygens (including phenoxy) is 1. The Balaban J connectivity index is 1.70. The summed E-state index contributed by atoms with van der Waals surface area (Å²) in [5, 5.41) is 2.92. The number of hydrogen-bond acceptors (Lipinski definition) is 4. The van der Waals surface area contributed by atoms with Crippen LogP contribution in [0.3, 0.4) is 0 Å². The number of amides is 2. The van der Waals surface area contributed by atoms with Crippen LogP contribution < -0.4 is 11.1 Å². The second kappa shape index (κ2) is 6.18. The van der Waals surface area contributed by atoms with E-state index >= 15 is 0 Å². The van der Waals surface area contributed by atoms with Crippen molar-refractivity contribution in [2.45, 2.75) is 19.1 Å². The Morgan fingerprint density at radius 3 is 2.71 bits per heavy atom. The van der Waals surface area contributed by atoms with Gasteiger partial charge in [0, 0.05) is 45.9 Å². The van der Waals surface area contributed by atoms with Crippen molar-refractivity contribution in [2.75, 3.05) is 45.9 Å². The summed E-state index contributed by atoms with van der Waals surface area (Å²) in [6, 6.07) is 0.00398. The Bertz CT molecular complexity index is 248. The fraction of sp³-hybridized carbons (Fsp3) is 0.909. The lowest BCUT2D eigenvalue weighted by Gasteiger charge is -2.34. The molecule has 2 saturated heterocycles. The molecule has 0 aromatic heterocycles. The van der Waals surface area contributed by atoms with Crippen LogP contribution in [0.5, 0.6) is 0 Å². The third kappa shape index (κ3) is 3.55. The van der Waals surface area contributed by atoms with Gasteiger partial charge in [-0.25, -0.2) is 4.79 Å². The Morgan fingerprint density at radius 1 is 1.35 bits per heavy atom. The SMILES string of the molecule is NCCN1CCN(C(=O)NC2CCCO2)CC1. The molecule has 0 aliphatic carbocycles. The fourth-order valence-electron chi connectivity index (χ4n) is 2.28. The normalized spacial score (nSPS) is 26.2. The molecule has 0 radical (unpaired) electrons. The lowest BCUT2D eigenvalue weighted by atomic mass is 10.3. The van der Waals surface area contributed by atoms with Gasteiger partial charge in [0.25, 0.3) is 0 Å². The standard InChI is InChI=1S/C11H22N4O2/c12-3-4-14-5-7-15(8-6-14)11(16)13-10-2-1-9-17-10/h10H,1-9,12H2,(H,13,16). The first-order chi connectivity index (χ1) is 8.29. The summed E-state index contributed by atoms with van der Waals surface area (Å²) in [6.45, 7) is 5.74. The molecule has 0 bridgehead atoms. The minimum atomic E-state index is -0.0791. The van der Waals surface area contributed by atoms with Gasteiger partial charge in [0.15, 0.2) is 0 Å². The first-order valence-electron chi connectivity index (χ1n) is 6.39. The zero-order valence-corrected chi connectivity index (χ0v) is 10.2. The largest absolute Gasteiger partial charge is 0.358 e. The van der Waals surface area contributed by atoms with E-state index < -0.39 is 0 Å². The van der Waals surface area contributed by atoms with Crippen molar-refractivity contribution >= 4 is 6.03 Å². The number of rotatable bonds is 3. The summed E-state index contributed by atoms with van der Waals surface area (Å²) in [7, 11) is 0. The smallest absolute Gasteiger partial charge is 0.319 e. The minimum Gasteiger partial charge on any atom is -0.358 e. The molecule has 2 rings (SSSR count). The maximum Gasteiger partial charge on any atom is 0.319 e. The highest BCUT2D eigenvalue weighted by atomic mass is 16.5. The number of nitrogens with zero attached hydrogens (tertiary/aromatic N) is 2. The second-order valence-corrected chi connectivity index (χ2v) is 4.57. The van der Waals surface area contributed by atoms with Crippen LogP contribution in [0.25, 0.3) is 0 Å². The predicted molar refractivity (Wildman–Crippen MR) is 64.6 cm³/mol. The van der Waals surface area contributed by atoms with Crippen LogP contribution in [-0.4, -0.2) is 67.9 Å². The van der Waals surface area contributed by atoms with Crippen LogP contribution in [0.2, 0.25) is 0 Å². The molecule has 3 N–H and O–H groups in total. The van der Waals surface area contributed by atoms with Crippen LogP contribution in [0.15, 0.2) is 0 Å². The van der Waals surface area contributed by atoms with Crippen molar-refractivity contribution in [2.24, 2.45) is 5.73 Å². The Hall–Kier alpha value is -0.850. The predicted octanol–water partition coefficient (Wildman–Crippen LogP) is -0.591. The molecule has 1 atom stereocenters. The molecule has 6 heteroatoms. The van der Waals surface area contributed by atoms with Gasteiger partial charge in [-0.1, -0.05) is 0 Å². The fourth-order valence-corrected chi connectivity index (χ4v) is 2.28. The zero-order chi connectivity index (χ0) is 12.1. The van der Waals surface area contributed by atoms with Gasteiger partial charge in [-0.05, 0) is 12.8 Å². The molecule has 98 valence electrons. The lowest BCUT2D eigenvalue weighted by Crippen LogP contribution is -2.53. The molecule has 2 amide bonds. The number of piperazine rings is 1. The third-order valence-electron chi connectivity index (χ3n) is 3.32. The van der Waals surface area contributed by atoms with E-state index in [0.717, 1.165) is 52.2 Å². The van der Waals surface area contributed by atoms with Gasteiger partial charge < -0.3 is 20.7 Å². The lowest BCUT2D eigenvalue weighted by molar-refractivity contribution is 0.0773. The number of urea groups is 1. The quantitative estimate of drug-likeness (QED) is 0.694. The molecule has 0 saturated carbocycles. The summed E-state index contributed by atoms with van der Waals surface area (Å²) in [6.07, 6.45) is 1.89. The molecule has 0 aromatic rings. The maximum absolute atomic E-state index is 11.9. The monoisotopic (exact) mass is 242 g/mol. The molecule has 0 aromatic carbocycles. The molecule has 2 heterocycles. The highest BCUT2D eigenvalue weighted by molar-refractivity contribution is 5.74.